The first kappa shape index (κ1) is 19.3. The van der Waals surface area contributed by atoms with E-state index in [2.05, 4.69) is 64.0 Å². The summed E-state index contributed by atoms with van der Waals surface area (Å²) in [5.41, 5.74) is 2.22. The molecule has 0 N–H and O–H groups in total. The van der Waals surface area contributed by atoms with Crippen LogP contribution in [0.4, 0.5) is 5.82 Å². The topological polar surface area (TPSA) is 67.9 Å². The molecule has 3 aromatic rings. The van der Waals surface area contributed by atoms with Crippen LogP contribution in [-0.2, 0) is 0 Å². The third kappa shape index (κ3) is 3.94. The number of aryl methyl sites for hydroxylation is 1. The van der Waals surface area contributed by atoms with Gasteiger partial charge in [-0.25, -0.2) is 9.97 Å². The van der Waals surface area contributed by atoms with Crippen LogP contribution in [0, 0.1) is 6.92 Å². The van der Waals surface area contributed by atoms with E-state index < -0.39 is 0 Å². The lowest BCUT2D eigenvalue weighted by Gasteiger charge is -2.32. The minimum atomic E-state index is 0.275. The molecular weight excluding hydrogens is 338 g/mol. The van der Waals surface area contributed by atoms with Gasteiger partial charge in [-0.05, 0) is 31.4 Å². The van der Waals surface area contributed by atoms with Crippen LogP contribution in [-0.4, -0.2) is 33.2 Å². The van der Waals surface area contributed by atoms with Crippen molar-refractivity contribution in [2.24, 2.45) is 0 Å². The Bertz CT molecular complexity index is 881. The van der Waals surface area contributed by atoms with Crippen LogP contribution < -0.4 is 4.90 Å². The normalized spacial score (nSPS) is 15.1. The van der Waals surface area contributed by atoms with Crippen molar-refractivity contribution < 1.29 is 4.52 Å². The van der Waals surface area contributed by atoms with E-state index in [1.54, 1.807) is 6.33 Å². The first-order valence-corrected chi connectivity index (χ1v) is 9.92. The maximum absolute atomic E-state index is 5.37. The number of piperidine rings is 1. The zero-order valence-corrected chi connectivity index (χ0v) is 16.9. The lowest BCUT2D eigenvalue weighted by molar-refractivity contribution is 0.353. The van der Waals surface area contributed by atoms with Crippen molar-refractivity contribution in [2.45, 2.75) is 59.3 Å². The molecular formula is C21H29N5O. The van der Waals surface area contributed by atoms with E-state index in [4.69, 9.17) is 4.52 Å². The maximum atomic E-state index is 5.37. The second kappa shape index (κ2) is 8.46. The summed E-state index contributed by atoms with van der Waals surface area (Å²) < 4.78 is 5.37. The van der Waals surface area contributed by atoms with Crippen LogP contribution in [0.3, 0.4) is 0 Å². The van der Waals surface area contributed by atoms with Crippen molar-refractivity contribution in [3.05, 3.63) is 41.8 Å². The number of hydrogen-bond donors (Lipinski definition) is 0. The number of anilines is 1. The highest BCUT2D eigenvalue weighted by molar-refractivity contribution is 5.91. The second-order valence-corrected chi connectivity index (χ2v) is 7.08. The monoisotopic (exact) mass is 367 g/mol. The van der Waals surface area contributed by atoms with Gasteiger partial charge in [0.2, 0.25) is 5.89 Å². The number of hydrogen-bond acceptors (Lipinski definition) is 6. The minimum Gasteiger partial charge on any atom is -0.356 e. The molecule has 1 saturated heterocycles. The van der Waals surface area contributed by atoms with E-state index in [1.165, 1.54) is 5.56 Å². The molecule has 1 aliphatic rings. The van der Waals surface area contributed by atoms with Crippen LogP contribution >= 0.6 is 0 Å². The van der Waals surface area contributed by atoms with Crippen LogP contribution in [0.2, 0.25) is 0 Å². The Balaban J connectivity index is 0.00000102. The Morgan fingerprint density at radius 2 is 1.85 bits per heavy atom. The Kier molecular flexibility index (Phi) is 6.04. The summed E-state index contributed by atoms with van der Waals surface area (Å²) in [5, 5.41) is 5.32. The highest BCUT2D eigenvalue weighted by atomic mass is 16.5. The van der Waals surface area contributed by atoms with Gasteiger partial charge in [0.15, 0.2) is 5.82 Å². The molecule has 4 rings (SSSR count). The Labute approximate surface area is 161 Å². The highest BCUT2D eigenvalue weighted by Gasteiger charge is 2.26. The molecule has 0 saturated carbocycles. The van der Waals surface area contributed by atoms with E-state index in [0.29, 0.717) is 5.92 Å². The van der Waals surface area contributed by atoms with Gasteiger partial charge < -0.3 is 9.42 Å². The predicted octanol–water partition coefficient (Wildman–Crippen LogP) is 4.85. The SMILES string of the molecule is CC.Cc1cccc2c(N3CCC(c4noc(C(C)C)n4)CC3)ncnc12. The van der Waals surface area contributed by atoms with Gasteiger partial charge in [0.25, 0.3) is 0 Å². The number of fused-ring (bicyclic) bond motifs is 1. The molecule has 3 heterocycles. The largest absolute Gasteiger partial charge is 0.356 e. The van der Waals surface area contributed by atoms with Gasteiger partial charge in [0.1, 0.15) is 12.1 Å². The molecule has 0 unspecified atom stereocenters. The first-order valence-electron chi connectivity index (χ1n) is 9.92. The average molecular weight is 367 g/mol. The molecule has 0 bridgehead atoms. The quantitative estimate of drug-likeness (QED) is 0.659. The summed E-state index contributed by atoms with van der Waals surface area (Å²) in [6, 6.07) is 6.27. The van der Waals surface area contributed by atoms with Crippen LogP contribution in [0.25, 0.3) is 10.9 Å². The summed E-state index contributed by atoms with van der Waals surface area (Å²) in [4.78, 5) is 15.9. The third-order valence-corrected chi connectivity index (χ3v) is 4.96. The Hall–Kier alpha value is -2.50. The van der Waals surface area contributed by atoms with Crippen LogP contribution in [0.5, 0.6) is 0 Å². The van der Waals surface area contributed by atoms with E-state index >= 15 is 0 Å². The molecule has 1 aromatic carbocycles. The van der Waals surface area contributed by atoms with Gasteiger partial charge in [-0.3, -0.25) is 0 Å². The molecule has 0 radical (unpaired) electrons. The minimum absolute atomic E-state index is 0.275. The fourth-order valence-electron chi connectivity index (χ4n) is 3.47. The standard InChI is InChI=1S/C19H23N5O.C2H6/c1-12(2)19-22-17(23-25-19)14-7-9-24(10-8-14)18-15-6-4-5-13(3)16(15)20-11-21-18;1-2/h4-6,11-12,14H,7-10H2,1-3H3;1-2H3. The molecule has 6 heteroatoms. The summed E-state index contributed by atoms with van der Waals surface area (Å²) >= 11 is 0. The van der Waals surface area contributed by atoms with E-state index in [1.807, 2.05) is 13.8 Å². The predicted molar refractivity (Wildman–Crippen MR) is 108 cm³/mol. The fraction of sp³-hybridized carbons (Fsp3) is 0.524. The smallest absolute Gasteiger partial charge is 0.229 e. The zero-order chi connectivity index (χ0) is 19.4. The highest BCUT2D eigenvalue weighted by Crippen LogP contribution is 2.32. The van der Waals surface area contributed by atoms with E-state index in [0.717, 1.165) is 54.4 Å². The van der Waals surface area contributed by atoms with Gasteiger partial charge in [-0.1, -0.05) is 45.0 Å². The van der Waals surface area contributed by atoms with Gasteiger partial charge in [0, 0.05) is 30.3 Å². The number of rotatable bonds is 3. The summed E-state index contributed by atoms with van der Waals surface area (Å²) in [5.74, 6) is 3.25. The molecule has 6 nitrogen and oxygen atoms in total. The van der Waals surface area contributed by atoms with Gasteiger partial charge in [-0.15, -0.1) is 0 Å². The molecule has 2 aromatic heterocycles. The summed E-state index contributed by atoms with van der Waals surface area (Å²) in [6.45, 7) is 12.1. The third-order valence-electron chi connectivity index (χ3n) is 4.96. The first-order chi connectivity index (χ1) is 13.1. The number of benzene rings is 1. The summed E-state index contributed by atoms with van der Waals surface area (Å²) in [6.07, 6.45) is 3.69. The lowest BCUT2D eigenvalue weighted by atomic mass is 9.96. The summed E-state index contributed by atoms with van der Waals surface area (Å²) in [7, 11) is 0. The average Bonchev–Trinajstić information content (AvgIpc) is 3.20. The van der Waals surface area contributed by atoms with Crippen molar-refractivity contribution in [1.82, 2.24) is 20.1 Å². The molecule has 1 fully saturated rings. The van der Waals surface area contributed by atoms with E-state index in [-0.39, 0.29) is 5.92 Å². The van der Waals surface area contributed by atoms with Crippen molar-refractivity contribution in [2.75, 3.05) is 18.0 Å². The van der Waals surface area contributed by atoms with E-state index in [9.17, 15) is 0 Å². The molecule has 0 aliphatic carbocycles. The zero-order valence-electron chi connectivity index (χ0n) is 16.9. The molecule has 144 valence electrons. The second-order valence-electron chi connectivity index (χ2n) is 7.08. The van der Waals surface area contributed by atoms with Gasteiger partial charge >= 0.3 is 0 Å². The Morgan fingerprint density at radius 3 is 2.52 bits per heavy atom. The molecule has 0 amide bonds. The van der Waals surface area contributed by atoms with Crippen molar-refractivity contribution in [1.29, 1.82) is 0 Å². The molecule has 1 aliphatic heterocycles. The molecule has 27 heavy (non-hydrogen) atoms. The number of para-hydroxylation sites is 1. The Morgan fingerprint density at radius 1 is 1.11 bits per heavy atom. The van der Waals surface area contributed by atoms with Crippen molar-refractivity contribution in [3.63, 3.8) is 0 Å². The van der Waals surface area contributed by atoms with Crippen molar-refractivity contribution >= 4 is 16.7 Å². The van der Waals surface area contributed by atoms with Crippen LogP contribution in [0.15, 0.2) is 29.0 Å². The van der Waals surface area contributed by atoms with Crippen molar-refractivity contribution in [3.8, 4) is 0 Å². The van der Waals surface area contributed by atoms with Gasteiger partial charge in [0.05, 0.1) is 5.52 Å². The molecule has 0 atom stereocenters. The fourth-order valence-corrected chi connectivity index (χ4v) is 3.47. The lowest BCUT2D eigenvalue weighted by Crippen LogP contribution is -2.34. The maximum Gasteiger partial charge on any atom is 0.229 e. The number of aromatic nitrogens is 4. The van der Waals surface area contributed by atoms with Crippen LogP contribution in [0.1, 0.15) is 69.7 Å². The van der Waals surface area contributed by atoms with Gasteiger partial charge in [-0.2, -0.15) is 4.98 Å². The molecule has 0 spiro atoms. The number of nitrogens with zero attached hydrogens (tertiary/aromatic N) is 5.